The van der Waals surface area contributed by atoms with Crippen molar-refractivity contribution >= 4 is 0 Å². The van der Waals surface area contributed by atoms with Crippen LogP contribution in [-0.4, -0.2) is 13.2 Å². The van der Waals surface area contributed by atoms with E-state index < -0.39 is 0 Å². The molecule has 0 radical (unpaired) electrons. The molecular weight excluding hydrogens is 210 g/mol. The summed E-state index contributed by atoms with van der Waals surface area (Å²) in [4.78, 5) is 0. The molecule has 2 nitrogen and oxygen atoms in total. The molecule has 0 saturated heterocycles. The number of benzene rings is 1. The standard InChI is InChI=1S/C15H23NO/c1-12(13-6-3-2-4-7-13)17-11-15-9-5-8-14(15)10-16/h2-4,6-7,12,14-15H,5,8-11,16H2,1H3. The van der Waals surface area contributed by atoms with Crippen molar-refractivity contribution in [3.8, 4) is 0 Å². The van der Waals surface area contributed by atoms with Gasteiger partial charge in [-0.25, -0.2) is 0 Å². The van der Waals surface area contributed by atoms with E-state index in [0.717, 1.165) is 13.2 Å². The van der Waals surface area contributed by atoms with Crippen molar-refractivity contribution in [3.05, 3.63) is 35.9 Å². The van der Waals surface area contributed by atoms with Crippen molar-refractivity contribution in [2.75, 3.05) is 13.2 Å². The summed E-state index contributed by atoms with van der Waals surface area (Å²) in [5.74, 6) is 1.35. The topological polar surface area (TPSA) is 35.2 Å². The van der Waals surface area contributed by atoms with E-state index in [1.807, 2.05) is 6.07 Å². The Balaban J connectivity index is 1.82. The highest BCUT2D eigenvalue weighted by Gasteiger charge is 2.26. The van der Waals surface area contributed by atoms with Crippen LogP contribution in [-0.2, 0) is 4.74 Å². The molecule has 2 N–H and O–H groups in total. The van der Waals surface area contributed by atoms with Crippen LogP contribution in [0.25, 0.3) is 0 Å². The van der Waals surface area contributed by atoms with Gasteiger partial charge in [0, 0.05) is 0 Å². The Kier molecular flexibility index (Phi) is 4.57. The monoisotopic (exact) mass is 233 g/mol. The van der Waals surface area contributed by atoms with E-state index in [1.165, 1.54) is 24.8 Å². The molecule has 1 aromatic carbocycles. The van der Waals surface area contributed by atoms with Gasteiger partial charge < -0.3 is 10.5 Å². The lowest BCUT2D eigenvalue weighted by Crippen LogP contribution is -2.22. The van der Waals surface area contributed by atoms with E-state index in [0.29, 0.717) is 11.8 Å². The fourth-order valence-electron chi connectivity index (χ4n) is 2.73. The third-order valence-electron chi connectivity index (χ3n) is 3.95. The molecule has 2 heteroatoms. The number of hydrogen-bond acceptors (Lipinski definition) is 2. The summed E-state index contributed by atoms with van der Waals surface area (Å²) < 4.78 is 5.99. The van der Waals surface area contributed by atoms with Gasteiger partial charge in [-0.3, -0.25) is 0 Å². The van der Waals surface area contributed by atoms with Gasteiger partial charge in [-0.2, -0.15) is 0 Å². The van der Waals surface area contributed by atoms with E-state index in [4.69, 9.17) is 10.5 Å². The summed E-state index contributed by atoms with van der Waals surface area (Å²) in [5, 5.41) is 0. The maximum absolute atomic E-state index is 5.99. The lowest BCUT2D eigenvalue weighted by Gasteiger charge is -2.21. The Morgan fingerprint density at radius 3 is 2.65 bits per heavy atom. The molecule has 3 unspecified atom stereocenters. The van der Waals surface area contributed by atoms with Crippen LogP contribution >= 0.6 is 0 Å². The normalized spacial score (nSPS) is 26.0. The average Bonchev–Trinajstić information content (AvgIpc) is 2.84. The molecule has 0 spiro atoms. The van der Waals surface area contributed by atoms with Crippen LogP contribution in [0.4, 0.5) is 0 Å². The van der Waals surface area contributed by atoms with E-state index in [2.05, 4.69) is 31.2 Å². The van der Waals surface area contributed by atoms with Gasteiger partial charge in [0.05, 0.1) is 12.7 Å². The van der Waals surface area contributed by atoms with Gasteiger partial charge in [0.25, 0.3) is 0 Å². The van der Waals surface area contributed by atoms with Crippen LogP contribution in [0.2, 0.25) is 0 Å². The zero-order chi connectivity index (χ0) is 12.1. The third kappa shape index (κ3) is 3.30. The van der Waals surface area contributed by atoms with Gasteiger partial charge in [0.15, 0.2) is 0 Å². The fourth-order valence-corrected chi connectivity index (χ4v) is 2.73. The predicted molar refractivity (Wildman–Crippen MR) is 70.7 cm³/mol. The van der Waals surface area contributed by atoms with Gasteiger partial charge in [-0.15, -0.1) is 0 Å². The van der Waals surface area contributed by atoms with Crippen molar-refractivity contribution in [2.45, 2.75) is 32.3 Å². The molecular formula is C15H23NO. The molecule has 1 aliphatic carbocycles. The Morgan fingerprint density at radius 2 is 1.94 bits per heavy atom. The van der Waals surface area contributed by atoms with Crippen LogP contribution in [0.3, 0.4) is 0 Å². The molecule has 3 atom stereocenters. The Labute approximate surface area is 104 Å². The van der Waals surface area contributed by atoms with Crippen LogP contribution < -0.4 is 5.73 Å². The van der Waals surface area contributed by atoms with Gasteiger partial charge in [-0.05, 0) is 43.7 Å². The Bertz CT molecular complexity index is 325. The van der Waals surface area contributed by atoms with Crippen molar-refractivity contribution in [2.24, 2.45) is 17.6 Å². The molecule has 1 fully saturated rings. The van der Waals surface area contributed by atoms with Gasteiger partial charge in [-0.1, -0.05) is 36.8 Å². The minimum absolute atomic E-state index is 0.190. The molecule has 1 saturated carbocycles. The highest BCUT2D eigenvalue weighted by Crippen LogP contribution is 2.32. The first-order valence-electron chi connectivity index (χ1n) is 6.68. The van der Waals surface area contributed by atoms with Crippen LogP contribution in [0.1, 0.15) is 37.9 Å². The van der Waals surface area contributed by atoms with Crippen LogP contribution in [0, 0.1) is 11.8 Å². The maximum atomic E-state index is 5.99. The SMILES string of the molecule is CC(OCC1CCCC1CN)c1ccccc1. The molecule has 0 aliphatic heterocycles. The van der Waals surface area contributed by atoms with E-state index in [1.54, 1.807) is 0 Å². The molecule has 0 bridgehead atoms. The zero-order valence-corrected chi connectivity index (χ0v) is 10.6. The molecule has 0 heterocycles. The zero-order valence-electron chi connectivity index (χ0n) is 10.6. The Morgan fingerprint density at radius 1 is 1.24 bits per heavy atom. The molecule has 94 valence electrons. The van der Waals surface area contributed by atoms with Crippen molar-refractivity contribution in [3.63, 3.8) is 0 Å². The van der Waals surface area contributed by atoms with E-state index >= 15 is 0 Å². The summed E-state index contributed by atoms with van der Waals surface area (Å²) in [6.07, 6.45) is 4.07. The van der Waals surface area contributed by atoms with Crippen LogP contribution in [0.15, 0.2) is 30.3 Å². The van der Waals surface area contributed by atoms with E-state index in [9.17, 15) is 0 Å². The Hall–Kier alpha value is -0.860. The van der Waals surface area contributed by atoms with Gasteiger partial charge in [0.1, 0.15) is 0 Å². The highest BCUT2D eigenvalue weighted by atomic mass is 16.5. The molecule has 17 heavy (non-hydrogen) atoms. The first-order valence-corrected chi connectivity index (χ1v) is 6.68. The van der Waals surface area contributed by atoms with Gasteiger partial charge in [0.2, 0.25) is 0 Å². The number of nitrogens with two attached hydrogens (primary N) is 1. The molecule has 1 aliphatic rings. The molecule has 0 aromatic heterocycles. The second-order valence-electron chi connectivity index (χ2n) is 5.07. The van der Waals surface area contributed by atoms with Gasteiger partial charge >= 0.3 is 0 Å². The van der Waals surface area contributed by atoms with E-state index in [-0.39, 0.29) is 6.10 Å². The smallest absolute Gasteiger partial charge is 0.0796 e. The minimum atomic E-state index is 0.190. The van der Waals surface area contributed by atoms with Crippen LogP contribution in [0.5, 0.6) is 0 Å². The quantitative estimate of drug-likeness (QED) is 0.848. The highest BCUT2D eigenvalue weighted by molar-refractivity contribution is 5.16. The maximum Gasteiger partial charge on any atom is 0.0796 e. The summed E-state index contributed by atoms with van der Waals surface area (Å²) in [6.45, 7) is 3.80. The second kappa shape index (κ2) is 6.18. The minimum Gasteiger partial charge on any atom is -0.374 e. The number of rotatable bonds is 5. The lowest BCUT2D eigenvalue weighted by molar-refractivity contribution is 0.0309. The average molecular weight is 233 g/mol. The predicted octanol–water partition coefficient (Wildman–Crippen LogP) is 3.14. The summed E-state index contributed by atoms with van der Waals surface area (Å²) in [5.41, 5.74) is 7.05. The largest absolute Gasteiger partial charge is 0.374 e. The first-order chi connectivity index (χ1) is 8.31. The lowest BCUT2D eigenvalue weighted by atomic mass is 9.97. The molecule has 1 aromatic rings. The molecule has 2 rings (SSSR count). The number of ether oxygens (including phenoxy) is 1. The van der Waals surface area contributed by atoms with Crippen molar-refractivity contribution in [1.29, 1.82) is 0 Å². The van der Waals surface area contributed by atoms with Crippen molar-refractivity contribution in [1.82, 2.24) is 0 Å². The molecule has 0 amide bonds. The summed E-state index contributed by atoms with van der Waals surface area (Å²) in [7, 11) is 0. The summed E-state index contributed by atoms with van der Waals surface area (Å²) >= 11 is 0. The second-order valence-corrected chi connectivity index (χ2v) is 5.07. The number of hydrogen-bond donors (Lipinski definition) is 1. The third-order valence-corrected chi connectivity index (χ3v) is 3.95. The first kappa shape index (κ1) is 12.6. The van der Waals surface area contributed by atoms with Crippen molar-refractivity contribution < 1.29 is 4.74 Å². The fraction of sp³-hybridized carbons (Fsp3) is 0.600. The summed E-state index contributed by atoms with van der Waals surface area (Å²) in [6, 6.07) is 10.4.